The molecule has 2 aromatic carbocycles. The molecule has 1 fully saturated rings. The molecule has 162 valence electrons. The molecule has 1 aliphatic rings. The van der Waals surface area contributed by atoms with Gasteiger partial charge in [-0.15, -0.1) is 0 Å². The number of benzene rings is 2. The van der Waals surface area contributed by atoms with Crippen LogP contribution in [-0.2, 0) is 4.79 Å². The van der Waals surface area contributed by atoms with Gasteiger partial charge in [0.05, 0.1) is 17.1 Å². The van der Waals surface area contributed by atoms with Gasteiger partial charge in [-0.2, -0.15) is 5.10 Å². The van der Waals surface area contributed by atoms with Crippen LogP contribution in [0.3, 0.4) is 0 Å². The fourth-order valence-electron chi connectivity index (χ4n) is 3.73. The third-order valence-electron chi connectivity index (χ3n) is 5.71. The zero-order chi connectivity index (χ0) is 22.0. The van der Waals surface area contributed by atoms with Gasteiger partial charge in [0.2, 0.25) is 5.91 Å². The largest absolute Gasteiger partial charge is 0.508 e. The number of amides is 1. The first kappa shape index (κ1) is 20.9. The molecule has 0 spiro atoms. The molecule has 1 heterocycles. The molecule has 4 rings (SSSR count). The SMILES string of the molecule is CN(C)C/C=C/C(=O)N(C)C1CC(Oc2cc(-c3ccc(O)cc3)cc3[nH]ncc23)C1. The Hall–Kier alpha value is -3.32. The highest BCUT2D eigenvalue weighted by Gasteiger charge is 2.35. The van der Waals surface area contributed by atoms with Crippen molar-refractivity contribution in [2.75, 3.05) is 27.7 Å². The maximum Gasteiger partial charge on any atom is 0.246 e. The van der Waals surface area contributed by atoms with Crippen molar-refractivity contribution in [1.82, 2.24) is 20.0 Å². The van der Waals surface area contributed by atoms with E-state index < -0.39 is 0 Å². The van der Waals surface area contributed by atoms with Crippen molar-refractivity contribution in [2.24, 2.45) is 0 Å². The van der Waals surface area contributed by atoms with E-state index in [1.165, 1.54) is 0 Å². The van der Waals surface area contributed by atoms with E-state index >= 15 is 0 Å². The quantitative estimate of drug-likeness (QED) is 0.573. The summed E-state index contributed by atoms with van der Waals surface area (Å²) >= 11 is 0. The van der Waals surface area contributed by atoms with E-state index in [0.29, 0.717) is 0 Å². The lowest BCUT2D eigenvalue weighted by Crippen LogP contribution is -2.49. The fourth-order valence-corrected chi connectivity index (χ4v) is 3.73. The number of aromatic nitrogens is 2. The number of nitrogens with one attached hydrogen (secondary N) is 1. The molecule has 1 aliphatic carbocycles. The fraction of sp³-hybridized carbons (Fsp3) is 0.333. The molecule has 0 bridgehead atoms. The van der Waals surface area contributed by atoms with Gasteiger partial charge in [0.25, 0.3) is 0 Å². The summed E-state index contributed by atoms with van der Waals surface area (Å²) in [6, 6.07) is 11.3. The minimum Gasteiger partial charge on any atom is -0.508 e. The predicted molar refractivity (Wildman–Crippen MR) is 121 cm³/mol. The maximum absolute atomic E-state index is 12.3. The number of phenolic OH excluding ortho intramolecular Hbond substituents is 1. The normalized spacial score (nSPS) is 18.5. The van der Waals surface area contributed by atoms with Gasteiger partial charge in [0.1, 0.15) is 17.6 Å². The number of likely N-dealkylation sites (N-methyl/N-ethyl adjacent to an activating group) is 2. The molecule has 1 amide bonds. The summed E-state index contributed by atoms with van der Waals surface area (Å²) in [5, 5.41) is 17.7. The van der Waals surface area contributed by atoms with Gasteiger partial charge in [-0.1, -0.05) is 18.2 Å². The smallest absolute Gasteiger partial charge is 0.246 e. The van der Waals surface area contributed by atoms with Gasteiger partial charge in [-0.05, 0) is 49.5 Å². The number of rotatable bonds is 7. The highest BCUT2D eigenvalue weighted by atomic mass is 16.5. The van der Waals surface area contributed by atoms with Crippen LogP contribution in [0.2, 0.25) is 0 Å². The van der Waals surface area contributed by atoms with Crippen molar-refractivity contribution < 1.29 is 14.6 Å². The van der Waals surface area contributed by atoms with E-state index in [-0.39, 0.29) is 23.8 Å². The number of ether oxygens (including phenoxy) is 1. The van der Waals surface area contributed by atoms with Crippen molar-refractivity contribution in [3.05, 3.63) is 54.7 Å². The Balaban J connectivity index is 1.43. The molecule has 0 radical (unpaired) electrons. The summed E-state index contributed by atoms with van der Waals surface area (Å²) in [5.74, 6) is 1.04. The van der Waals surface area contributed by atoms with Crippen LogP contribution < -0.4 is 4.74 Å². The van der Waals surface area contributed by atoms with Gasteiger partial charge in [0, 0.05) is 38.6 Å². The summed E-state index contributed by atoms with van der Waals surface area (Å²) in [6.45, 7) is 0.744. The first-order valence-corrected chi connectivity index (χ1v) is 10.4. The third-order valence-corrected chi connectivity index (χ3v) is 5.71. The Morgan fingerprint density at radius 3 is 2.65 bits per heavy atom. The van der Waals surface area contributed by atoms with Crippen LogP contribution >= 0.6 is 0 Å². The number of hydrogen-bond donors (Lipinski definition) is 2. The second-order valence-electron chi connectivity index (χ2n) is 8.33. The van der Waals surface area contributed by atoms with Gasteiger partial charge in [-0.3, -0.25) is 9.89 Å². The van der Waals surface area contributed by atoms with Gasteiger partial charge in [-0.25, -0.2) is 0 Å². The van der Waals surface area contributed by atoms with Gasteiger partial charge >= 0.3 is 0 Å². The van der Waals surface area contributed by atoms with Gasteiger partial charge in [0.15, 0.2) is 0 Å². The number of H-pyrrole nitrogens is 1. The number of aromatic hydroxyl groups is 1. The second-order valence-corrected chi connectivity index (χ2v) is 8.33. The number of fused-ring (bicyclic) bond motifs is 1. The molecule has 1 aromatic heterocycles. The monoisotopic (exact) mass is 420 g/mol. The molecule has 7 heteroatoms. The molecular formula is C24H28N4O3. The zero-order valence-corrected chi connectivity index (χ0v) is 18.1. The number of carbonyl (C=O) groups is 1. The third kappa shape index (κ3) is 4.72. The first-order chi connectivity index (χ1) is 14.9. The van der Waals surface area contributed by atoms with Crippen molar-refractivity contribution in [3.63, 3.8) is 0 Å². The van der Waals surface area contributed by atoms with Crippen LogP contribution in [0.1, 0.15) is 12.8 Å². The van der Waals surface area contributed by atoms with Crippen molar-refractivity contribution in [1.29, 1.82) is 0 Å². The Labute approximate surface area is 181 Å². The molecule has 0 atom stereocenters. The topological polar surface area (TPSA) is 81.7 Å². The van der Waals surface area contributed by atoms with Crippen molar-refractivity contribution in [2.45, 2.75) is 25.0 Å². The Kier molecular flexibility index (Phi) is 5.95. The van der Waals surface area contributed by atoms with Crippen LogP contribution in [0.4, 0.5) is 0 Å². The molecule has 0 unspecified atom stereocenters. The first-order valence-electron chi connectivity index (χ1n) is 10.4. The van der Waals surface area contributed by atoms with E-state index in [9.17, 15) is 9.90 Å². The van der Waals surface area contributed by atoms with E-state index in [1.807, 2.05) is 56.4 Å². The number of hydrogen-bond acceptors (Lipinski definition) is 5. The van der Waals surface area contributed by atoms with E-state index in [2.05, 4.69) is 10.2 Å². The van der Waals surface area contributed by atoms with E-state index in [4.69, 9.17) is 4.74 Å². The minimum atomic E-state index is 0.0249. The minimum absolute atomic E-state index is 0.0249. The molecule has 7 nitrogen and oxygen atoms in total. The number of phenols is 1. The number of aromatic amines is 1. The summed E-state index contributed by atoms with van der Waals surface area (Å²) in [6.07, 6.45) is 6.95. The summed E-state index contributed by atoms with van der Waals surface area (Å²) in [5.41, 5.74) is 2.87. The van der Waals surface area contributed by atoms with Crippen molar-refractivity contribution >= 4 is 16.8 Å². The summed E-state index contributed by atoms with van der Waals surface area (Å²) in [4.78, 5) is 16.2. The van der Waals surface area contributed by atoms with Crippen LogP contribution in [0.5, 0.6) is 11.5 Å². The maximum atomic E-state index is 12.3. The van der Waals surface area contributed by atoms with Crippen LogP contribution in [0.25, 0.3) is 22.0 Å². The average Bonchev–Trinajstić information content (AvgIpc) is 3.18. The second kappa shape index (κ2) is 8.81. The molecule has 31 heavy (non-hydrogen) atoms. The molecule has 1 saturated carbocycles. The van der Waals surface area contributed by atoms with Crippen LogP contribution in [0, 0.1) is 0 Å². The van der Waals surface area contributed by atoms with Gasteiger partial charge < -0.3 is 19.6 Å². The lowest BCUT2D eigenvalue weighted by molar-refractivity contribution is -0.130. The predicted octanol–water partition coefficient (Wildman–Crippen LogP) is 3.42. The number of carbonyl (C=O) groups excluding carboxylic acids is 1. The highest BCUT2D eigenvalue weighted by molar-refractivity contribution is 5.90. The zero-order valence-electron chi connectivity index (χ0n) is 18.1. The molecule has 0 saturated heterocycles. The molecule has 2 N–H and O–H groups in total. The highest BCUT2D eigenvalue weighted by Crippen LogP contribution is 2.36. The van der Waals surface area contributed by atoms with E-state index in [0.717, 1.165) is 47.2 Å². The van der Waals surface area contributed by atoms with Crippen molar-refractivity contribution in [3.8, 4) is 22.6 Å². The van der Waals surface area contributed by atoms with E-state index in [1.54, 1.807) is 29.3 Å². The standard InChI is InChI=1S/C24H28N4O3/c1-27(2)10-4-5-24(30)28(3)18-13-20(14-18)31-23-12-17(11-22-21(23)15-25-26-22)16-6-8-19(29)9-7-16/h4-9,11-12,15,18,20,29H,10,13-14H2,1-3H3,(H,25,26)/b5-4+. The molecule has 3 aromatic rings. The summed E-state index contributed by atoms with van der Waals surface area (Å²) in [7, 11) is 5.79. The lowest BCUT2D eigenvalue weighted by atomic mass is 9.88. The van der Waals surface area contributed by atoms with Crippen LogP contribution in [0.15, 0.2) is 54.7 Å². The Morgan fingerprint density at radius 2 is 1.94 bits per heavy atom. The Bertz CT molecular complexity index is 1080. The number of nitrogens with zero attached hydrogens (tertiary/aromatic N) is 3. The average molecular weight is 421 g/mol. The Morgan fingerprint density at radius 1 is 1.19 bits per heavy atom. The summed E-state index contributed by atoms with van der Waals surface area (Å²) < 4.78 is 6.31. The molecule has 0 aliphatic heterocycles. The lowest BCUT2D eigenvalue weighted by Gasteiger charge is -2.40. The molecular weight excluding hydrogens is 392 g/mol. The van der Waals surface area contributed by atoms with Crippen LogP contribution in [-0.4, -0.2) is 70.8 Å².